The van der Waals surface area contributed by atoms with Gasteiger partial charge in [-0.2, -0.15) is 0 Å². The number of sulfone groups is 1. The molecule has 1 N–H and O–H groups in total. The average Bonchev–Trinajstić information content (AvgIpc) is 2.25. The van der Waals surface area contributed by atoms with Crippen molar-refractivity contribution in [1.82, 2.24) is 0 Å². The molecule has 0 heterocycles. The molecule has 5 heteroatoms. The fourth-order valence-corrected chi connectivity index (χ4v) is 2.94. The Morgan fingerprint density at radius 3 is 2.47 bits per heavy atom. The molecule has 0 aromatic heterocycles. The minimum atomic E-state index is -3.56. The molecule has 0 radical (unpaired) electrons. The Morgan fingerprint density at radius 1 is 1.47 bits per heavy atom. The molecule has 0 aliphatic carbocycles. The fraction of sp³-hybridized carbons (Fsp3) is 0.500. The highest BCUT2D eigenvalue weighted by Crippen LogP contribution is 2.39. The lowest BCUT2D eigenvalue weighted by molar-refractivity contribution is 0.155. The molecule has 0 saturated heterocycles. The maximum absolute atomic E-state index is 11.7. The van der Waals surface area contributed by atoms with Crippen LogP contribution in [0.15, 0.2) is 24.3 Å². The van der Waals surface area contributed by atoms with Gasteiger partial charge in [0.15, 0.2) is 14.0 Å². The summed E-state index contributed by atoms with van der Waals surface area (Å²) in [6.07, 6.45) is -0.0468. The van der Waals surface area contributed by atoms with Gasteiger partial charge in [0, 0.05) is 6.26 Å². The Labute approximate surface area is 107 Å². The molecule has 0 spiro atoms. The van der Waals surface area contributed by atoms with E-state index in [1.54, 1.807) is 25.1 Å². The van der Waals surface area contributed by atoms with Gasteiger partial charge in [-0.25, -0.2) is 8.42 Å². The van der Waals surface area contributed by atoms with Gasteiger partial charge < -0.3 is 5.11 Å². The third kappa shape index (κ3) is 2.81. The normalized spacial score (nSPS) is 17.5. The van der Waals surface area contributed by atoms with Gasteiger partial charge in [0.25, 0.3) is 0 Å². The zero-order chi connectivity index (χ0) is 13.3. The van der Waals surface area contributed by atoms with Crippen LogP contribution >= 0.6 is 11.6 Å². The van der Waals surface area contributed by atoms with Gasteiger partial charge in [-0.3, -0.25) is 0 Å². The van der Waals surface area contributed by atoms with Crippen molar-refractivity contribution in [2.45, 2.75) is 30.6 Å². The minimum Gasteiger partial charge on any atom is -0.385 e. The summed E-state index contributed by atoms with van der Waals surface area (Å²) in [4.78, 5) is 0. The van der Waals surface area contributed by atoms with Crippen molar-refractivity contribution in [3.63, 3.8) is 0 Å². The summed E-state index contributed by atoms with van der Waals surface area (Å²) in [7, 11) is -3.56. The average molecular weight is 277 g/mol. The quantitative estimate of drug-likeness (QED) is 0.860. The molecule has 0 fully saturated rings. The van der Waals surface area contributed by atoms with Crippen LogP contribution < -0.4 is 0 Å². The predicted octanol–water partition coefficient (Wildman–Crippen LogP) is 2.42. The third-order valence-electron chi connectivity index (χ3n) is 2.86. The maximum Gasteiger partial charge on any atom is 0.174 e. The molecule has 2 atom stereocenters. The molecule has 1 aromatic carbocycles. The van der Waals surface area contributed by atoms with E-state index in [-0.39, 0.29) is 6.42 Å². The Morgan fingerprint density at radius 2 is 2.06 bits per heavy atom. The summed E-state index contributed by atoms with van der Waals surface area (Å²) >= 11 is 6.10. The van der Waals surface area contributed by atoms with E-state index in [1.165, 1.54) is 0 Å². The number of aryl methyl sites for hydroxylation is 1. The van der Waals surface area contributed by atoms with E-state index in [4.69, 9.17) is 11.6 Å². The van der Waals surface area contributed by atoms with E-state index in [2.05, 4.69) is 0 Å². The molecule has 0 unspecified atom stereocenters. The van der Waals surface area contributed by atoms with Crippen molar-refractivity contribution in [3.8, 4) is 0 Å². The summed E-state index contributed by atoms with van der Waals surface area (Å²) in [5, 5.41) is 10.2. The van der Waals surface area contributed by atoms with E-state index >= 15 is 0 Å². The van der Waals surface area contributed by atoms with Crippen LogP contribution in [0.5, 0.6) is 0 Å². The second kappa shape index (κ2) is 4.96. The first-order valence-electron chi connectivity index (χ1n) is 5.35. The van der Waals surface area contributed by atoms with Gasteiger partial charge in [-0.15, -0.1) is 0 Å². The van der Waals surface area contributed by atoms with Crippen molar-refractivity contribution in [1.29, 1.82) is 0 Å². The van der Waals surface area contributed by atoms with Crippen molar-refractivity contribution in [2.75, 3.05) is 6.26 Å². The highest BCUT2D eigenvalue weighted by atomic mass is 35.5. The largest absolute Gasteiger partial charge is 0.385 e. The first kappa shape index (κ1) is 14.5. The fourth-order valence-electron chi connectivity index (χ4n) is 1.75. The number of hydrogen-bond donors (Lipinski definition) is 1. The monoisotopic (exact) mass is 276 g/mol. The summed E-state index contributed by atoms with van der Waals surface area (Å²) in [6, 6.07) is 7.06. The van der Waals surface area contributed by atoms with Crippen molar-refractivity contribution < 1.29 is 13.5 Å². The smallest absolute Gasteiger partial charge is 0.174 e. The lowest BCUT2D eigenvalue weighted by Crippen LogP contribution is -2.37. The summed E-state index contributed by atoms with van der Waals surface area (Å²) in [5.74, 6) is 0. The third-order valence-corrected chi connectivity index (χ3v) is 5.92. The molecule has 1 aromatic rings. The van der Waals surface area contributed by atoms with Crippen LogP contribution in [0, 0.1) is 6.92 Å². The number of alkyl halides is 1. The van der Waals surface area contributed by atoms with Gasteiger partial charge in [0.2, 0.25) is 0 Å². The Kier molecular flexibility index (Phi) is 4.23. The molecule has 0 aliphatic heterocycles. The van der Waals surface area contributed by atoms with Crippen LogP contribution in [0.25, 0.3) is 0 Å². The number of benzene rings is 1. The number of aliphatic hydroxyl groups excluding tert-OH is 1. The Bertz CT molecular complexity index is 498. The van der Waals surface area contributed by atoms with E-state index in [0.29, 0.717) is 5.56 Å². The number of rotatable bonds is 4. The molecule has 17 heavy (non-hydrogen) atoms. The van der Waals surface area contributed by atoms with Crippen LogP contribution in [0.4, 0.5) is 0 Å². The van der Waals surface area contributed by atoms with Crippen LogP contribution in [0.1, 0.15) is 30.6 Å². The van der Waals surface area contributed by atoms with Crippen molar-refractivity contribution >= 4 is 21.4 Å². The van der Waals surface area contributed by atoms with Gasteiger partial charge in [0.05, 0.1) is 0 Å². The zero-order valence-corrected chi connectivity index (χ0v) is 11.7. The maximum atomic E-state index is 11.7. The van der Waals surface area contributed by atoms with Crippen LogP contribution in [-0.2, 0) is 9.84 Å². The SMILES string of the molecule is CC[C@@](Cl)([C@@H](O)c1cccc(C)c1)S(C)(=O)=O. The van der Waals surface area contributed by atoms with Crippen molar-refractivity contribution in [3.05, 3.63) is 35.4 Å². The van der Waals surface area contributed by atoms with Crippen molar-refractivity contribution in [2.24, 2.45) is 0 Å². The lowest BCUT2D eigenvalue weighted by Gasteiger charge is -2.29. The standard InChI is InChI=1S/C12H17ClO3S/c1-4-12(13,17(3,15)16)11(14)10-7-5-6-9(2)8-10/h5-8,11,14H,4H2,1-3H3/t11-,12-/m0/s1. The number of aliphatic hydroxyl groups is 1. The summed E-state index contributed by atoms with van der Waals surface area (Å²) < 4.78 is 21.7. The molecule has 3 nitrogen and oxygen atoms in total. The first-order chi connectivity index (χ1) is 7.72. The Balaban J connectivity index is 3.24. The topological polar surface area (TPSA) is 54.4 Å². The molecule has 0 aliphatic rings. The van der Waals surface area contributed by atoms with Gasteiger partial charge in [-0.1, -0.05) is 48.4 Å². The molecule has 0 saturated carbocycles. The van der Waals surface area contributed by atoms with Gasteiger partial charge in [-0.05, 0) is 18.9 Å². The lowest BCUT2D eigenvalue weighted by atomic mass is 10.0. The number of hydrogen-bond acceptors (Lipinski definition) is 3. The Hall–Kier alpha value is -0.580. The molecular formula is C12H17ClO3S. The zero-order valence-electron chi connectivity index (χ0n) is 10.1. The minimum absolute atomic E-state index is 0.141. The molecule has 0 amide bonds. The van der Waals surface area contributed by atoms with E-state index in [0.717, 1.165) is 11.8 Å². The van der Waals surface area contributed by atoms with Crippen LogP contribution in [0.3, 0.4) is 0 Å². The molecule has 96 valence electrons. The number of halogens is 1. The van der Waals surface area contributed by atoms with E-state index in [1.807, 2.05) is 13.0 Å². The van der Waals surface area contributed by atoms with Gasteiger partial charge >= 0.3 is 0 Å². The molecule has 0 bridgehead atoms. The summed E-state index contributed by atoms with van der Waals surface area (Å²) in [5.41, 5.74) is 1.47. The first-order valence-corrected chi connectivity index (χ1v) is 7.62. The second-order valence-electron chi connectivity index (χ2n) is 4.23. The van der Waals surface area contributed by atoms with E-state index < -0.39 is 20.1 Å². The second-order valence-corrected chi connectivity index (χ2v) is 7.40. The van der Waals surface area contributed by atoms with Crippen LogP contribution in [0.2, 0.25) is 0 Å². The summed E-state index contributed by atoms with van der Waals surface area (Å²) in [6.45, 7) is 3.52. The highest BCUT2D eigenvalue weighted by Gasteiger charge is 2.44. The molecule has 1 rings (SSSR count). The van der Waals surface area contributed by atoms with Crippen LogP contribution in [-0.4, -0.2) is 24.0 Å². The molecular weight excluding hydrogens is 260 g/mol. The highest BCUT2D eigenvalue weighted by molar-refractivity contribution is 7.93. The van der Waals surface area contributed by atoms with Gasteiger partial charge in [0.1, 0.15) is 6.10 Å². The predicted molar refractivity (Wildman–Crippen MR) is 69.9 cm³/mol. The van der Waals surface area contributed by atoms with E-state index in [9.17, 15) is 13.5 Å².